The normalized spacial score (nSPS) is 10.7. The Labute approximate surface area is 124 Å². The monoisotopic (exact) mass is 286 g/mol. The molecule has 0 spiro atoms. The van der Waals surface area contributed by atoms with Crippen molar-refractivity contribution in [3.05, 3.63) is 0 Å². The van der Waals surface area contributed by atoms with Crippen LogP contribution in [-0.2, 0) is 9.53 Å². The maximum absolute atomic E-state index is 11.0. The molecule has 0 heterocycles. The van der Waals surface area contributed by atoms with Crippen LogP contribution in [0.3, 0.4) is 0 Å². The lowest BCUT2D eigenvalue weighted by Gasteiger charge is -2.03. The molecule has 4 heteroatoms. The van der Waals surface area contributed by atoms with Crippen molar-refractivity contribution in [3.63, 3.8) is 0 Å². The summed E-state index contributed by atoms with van der Waals surface area (Å²) in [5.41, 5.74) is 10.6. The van der Waals surface area contributed by atoms with Crippen molar-refractivity contribution in [3.8, 4) is 0 Å². The third kappa shape index (κ3) is 15.4. The van der Waals surface area contributed by atoms with Gasteiger partial charge in [-0.3, -0.25) is 10.5 Å². The molecule has 4 nitrogen and oxygen atoms in total. The van der Waals surface area contributed by atoms with Gasteiger partial charge in [0, 0.05) is 6.42 Å². The van der Waals surface area contributed by atoms with Crippen LogP contribution >= 0.6 is 0 Å². The van der Waals surface area contributed by atoms with Gasteiger partial charge in [-0.2, -0.15) is 0 Å². The molecule has 0 bridgehead atoms. The molecule has 0 aliphatic rings. The molecule has 0 rings (SSSR count). The first-order chi connectivity index (χ1) is 9.81. The summed E-state index contributed by atoms with van der Waals surface area (Å²) < 4.78 is 4.68. The number of nitrogens with two attached hydrogens (primary N) is 2. The highest BCUT2D eigenvalue weighted by Crippen LogP contribution is 2.12. The van der Waals surface area contributed by atoms with Crippen molar-refractivity contribution < 1.29 is 9.53 Å². The Balaban J connectivity index is 3.01. The predicted octanol–water partition coefficient (Wildman–Crippen LogP) is 3.48. The molecule has 0 saturated heterocycles. The second-order valence-corrected chi connectivity index (χ2v) is 5.46. The Morgan fingerprint density at radius 1 is 0.650 bits per heavy atom. The van der Waals surface area contributed by atoms with Crippen molar-refractivity contribution in [1.29, 1.82) is 0 Å². The Hall–Kier alpha value is -0.610. The number of hydrogen-bond acceptors (Lipinski definition) is 4. The molecule has 4 N–H and O–H groups in total. The first-order valence-electron chi connectivity index (χ1n) is 8.37. The van der Waals surface area contributed by atoms with Gasteiger partial charge in [0.1, 0.15) is 6.73 Å². The number of unbranched alkanes of at least 4 members (excludes halogenated alkanes) is 11. The summed E-state index contributed by atoms with van der Waals surface area (Å²) in [5, 5.41) is 0. The van der Waals surface area contributed by atoms with Crippen LogP contribution in [0.25, 0.3) is 0 Å². The summed E-state index contributed by atoms with van der Waals surface area (Å²) in [5.74, 6) is -0.165. The summed E-state index contributed by atoms with van der Waals surface area (Å²) in [4.78, 5) is 11.0. The number of carbonyl (C=O) groups excluding carboxylic acids is 1. The van der Waals surface area contributed by atoms with Crippen LogP contribution in [0, 0.1) is 0 Å². The topological polar surface area (TPSA) is 78.3 Å². The molecule has 0 aliphatic heterocycles. The fraction of sp³-hybridized carbons (Fsp3) is 0.938. The summed E-state index contributed by atoms with van der Waals surface area (Å²) in [6.45, 7) is 0.842. The van der Waals surface area contributed by atoms with Gasteiger partial charge in [0.2, 0.25) is 0 Å². The van der Waals surface area contributed by atoms with E-state index in [0.29, 0.717) is 6.42 Å². The second kappa shape index (κ2) is 16.4. The molecule has 120 valence electrons. The molecule has 0 radical (unpaired) electrons. The van der Waals surface area contributed by atoms with Gasteiger partial charge >= 0.3 is 5.97 Å². The molecule has 0 fully saturated rings. The molecular weight excluding hydrogens is 252 g/mol. The third-order valence-corrected chi connectivity index (χ3v) is 3.58. The quantitative estimate of drug-likeness (QED) is 0.274. The highest BCUT2D eigenvalue weighted by atomic mass is 16.5. The lowest BCUT2D eigenvalue weighted by Crippen LogP contribution is -2.11. The molecular formula is C16H34N2O2. The molecule has 20 heavy (non-hydrogen) atoms. The zero-order valence-electron chi connectivity index (χ0n) is 13.1. The second-order valence-electron chi connectivity index (χ2n) is 5.46. The van der Waals surface area contributed by atoms with E-state index in [4.69, 9.17) is 11.5 Å². The van der Waals surface area contributed by atoms with E-state index < -0.39 is 0 Å². The fourth-order valence-corrected chi connectivity index (χ4v) is 2.35. The van der Waals surface area contributed by atoms with Crippen molar-refractivity contribution in [2.24, 2.45) is 11.5 Å². The molecule has 0 aliphatic carbocycles. The Kier molecular flexibility index (Phi) is 15.9. The first-order valence-corrected chi connectivity index (χ1v) is 8.37. The standard InChI is InChI=1S/C16H34N2O2/c17-14-12-10-8-6-4-2-1-3-5-7-9-11-13-16(19)20-15-18/h1-15,17-18H2. The van der Waals surface area contributed by atoms with Crippen molar-refractivity contribution in [2.45, 2.75) is 83.5 Å². The zero-order chi connectivity index (χ0) is 14.9. The molecule has 0 aromatic rings. The van der Waals surface area contributed by atoms with Crippen LogP contribution in [0.5, 0.6) is 0 Å². The van der Waals surface area contributed by atoms with Gasteiger partial charge in [-0.05, 0) is 19.4 Å². The Morgan fingerprint density at radius 3 is 1.45 bits per heavy atom. The fourth-order valence-electron chi connectivity index (χ4n) is 2.35. The van der Waals surface area contributed by atoms with Crippen molar-refractivity contribution in [1.82, 2.24) is 0 Å². The van der Waals surface area contributed by atoms with E-state index in [1.54, 1.807) is 0 Å². The van der Waals surface area contributed by atoms with E-state index in [2.05, 4.69) is 4.74 Å². The Morgan fingerprint density at radius 2 is 1.05 bits per heavy atom. The van der Waals surface area contributed by atoms with Gasteiger partial charge in [0.05, 0.1) is 0 Å². The van der Waals surface area contributed by atoms with Crippen molar-refractivity contribution in [2.75, 3.05) is 13.3 Å². The number of ether oxygens (including phenoxy) is 1. The van der Waals surface area contributed by atoms with E-state index in [-0.39, 0.29) is 12.7 Å². The maximum Gasteiger partial charge on any atom is 0.307 e. The molecule has 0 amide bonds. The van der Waals surface area contributed by atoms with Crippen LogP contribution in [0.15, 0.2) is 0 Å². The SMILES string of the molecule is NCCCCCCCCCCCCCCC(=O)OCN. The van der Waals surface area contributed by atoms with Gasteiger partial charge in [-0.1, -0.05) is 64.2 Å². The van der Waals surface area contributed by atoms with Crippen LogP contribution in [-0.4, -0.2) is 19.2 Å². The minimum absolute atomic E-state index is 0.00502. The van der Waals surface area contributed by atoms with E-state index >= 15 is 0 Å². The van der Waals surface area contributed by atoms with Gasteiger partial charge < -0.3 is 10.5 Å². The number of esters is 1. The lowest BCUT2D eigenvalue weighted by molar-refractivity contribution is -0.143. The summed E-state index contributed by atoms with van der Waals surface area (Å²) in [6.07, 6.45) is 15.7. The average molecular weight is 286 g/mol. The maximum atomic E-state index is 11.0. The molecule has 0 atom stereocenters. The van der Waals surface area contributed by atoms with E-state index in [1.807, 2.05) is 0 Å². The predicted molar refractivity (Wildman–Crippen MR) is 84.2 cm³/mol. The highest BCUT2D eigenvalue weighted by molar-refractivity contribution is 5.69. The van der Waals surface area contributed by atoms with Gasteiger partial charge in [-0.15, -0.1) is 0 Å². The molecule has 0 aromatic heterocycles. The van der Waals surface area contributed by atoms with Gasteiger partial charge in [0.25, 0.3) is 0 Å². The van der Waals surface area contributed by atoms with Gasteiger partial charge in [0.15, 0.2) is 0 Å². The molecule has 0 saturated carbocycles. The smallest absolute Gasteiger partial charge is 0.307 e. The van der Waals surface area contributed by atoms with Gasteiger partial charge in [-0.25, -0.2) is 0 Å². The third-order valence-electron chi connectivity index (χ3n) is 3.58. The number of hydrogen-bond donors (Lipinski definition) is 2. The summed E-state index contributed by atoms with van der Waals surface area (Å²) in [6, 6.07) is 0. The number of carbonyl (C=O) groups is 1. The minimum Gasteiger partial charge on any atom is -0.450 e. The van der Waals surface area contributed by atoms with Crippen LogP contribution in [0.1, 0.15) is 83.5 Å². The number of rotatable bonds is 15. The lowest BCUT2D eigenvalue weighted by atomic mass is 10.0. The highest BCUT2D eigenvalue weighted by Gasteiger charge is 2.00. The molecule has 0 unspecified atom stereocenters. The Bertz CT molecular complexity index is 211. The van der Waals surface area contributed by atoms with E-state index in [9.17, 15) is 4.79 Å². The minimum atomic E-state index is -0.165. The largest absolute Gasteiger partial charge is 0.450 e. The summed E-state index contributed by atoms with van der Waals surface area (Å²) in [7, 11) is 0. The van der Waals surface area contributed by atoms with E-state index in [1.165, 1.54) is 64.2 Å². The van der Waals surface area contributed by atoms with Crippen molar-refractivity contribution >= 4 is 5.97 Å². The average Bonchev–Trinajstić information content (AvgIpc) is 2.44. The summed E-state index contributed by atoms with van der Waals surface area (Å²) >= 11 is 0. The van der Waals surface area contributed by atoms with Crippen LogP contribution in [0.4, 0.5) is 0 Å². The van der Waals surface area contributed by atoms with Crippen LogP contribution < -0.4 is 11.5 Å². The zero-order valence-corrected chi connectivity index (χ0v) is 13.1. The van der Waals surface area contributed by atoms with Crippen LogP contribution in [0.2, 0.25) is 0 Å². The molecule has 0 aromatic carbocycles. The first kappa shape index (κ1) is 19.4. The van der Waals surface area contributed by atoms with E-state index in [0.717, 1.165) is 19.4 Å².